The van der Waals surface area contributed by atoms with Crippen LogP contribution in [0.1, 0.15) is 21.0 Å². The Balaban J connectivity index is 1.02. The molecule has 0 radical (unpaired) electrons. The number of hydrogen-bond donors (Lipinski definition) is 2. The number of thiazole rings is 2. The Kier molecular flexibility index (Phi) is 9.30. The zero-order valence-corrected chi connectivity index (χ0v) is 27.1. The molecule has 228 valence electrons. The fourth-order valence-electron chi connectivity index (χ4n) is 4.07. The second-order valence-electron chi connectivity index (χ2n) is 9.31. The van der Waals surface area contributed by atoms with Crippen molar-refractivity contribution < 1.29 is 23.3 Å². The molecule has 0 fully saturated rings. The van der Waals surface area contributed by atoms with Crippen LogP contribution >= 0.6 is 34.4 Å². The van der Waals surface area contributed by atoms with Crippen LogP contribution in [0.3, 0.4) is 0 Å². The highest BCUT2D eigenvalue weighted by atomic mass is 32.2. The Hall–Kier alpha value is -4.44. The van der Waals surface area contributed by atoms with Gasteiger partial charge in [0.05, 0.1) is 31.2 Å². The summed E-state index contributed by atoms with van der Waals surface area (Å²) in [5.41, 5.74) is 2.11. The zero-order chi connectivity index (χ0) is 31.3. The molecule has 0 aliphatic heterocycles. The van der Waals surface area contributed by atoms with Gasteiger partial charge in [-0.05, 0) is 36.4 Å². The minimum atomic E-state index is -1.15. The number of amides is 2. The normalized spacial score (nSPS) is 11.8. The first-order valence-electron chi connectivity index (χ1n) is 13.4. The Morgan fingerprint density at radius 2 is 1.38 bits per heavy atom. The fourth-order valence-corrected chi connectivity index (χ4v) is 7.78. The molecule has 2 N–H and O–H groups in total. The number of carbonyl (C=O) groups is 2. The van der Waals surface area contributed by atoms with Gasteiger partial charge in [-0.3, -0.25) is 23.8 Å². The topological polar surface area (TPSA) is 145 Å². The van der Waals surface area contributed by atoms with E-state index >= 15 is 0 Å². The van der Waals surface area contributed by atoms with Crippen molar-refractivity contribution in [2.24, 2.45) is 0 Å². The third-order valence-electron chi connectivity index (χ3n) is 6.17. The zero-order valence-electron chi connectivity index (χ0n) is 23.8. The molecule has 2 aromatic carbocycles. The molecular weight excluding hydrogens is 653 g/mol. The monoisotopic (exact) mass is 676 g/mol. The summed E-state index contributed by atoms with van der Waals surface area (Å²) in [4.78, 5) is 41.9. The number of nitrogens with zero attached hydrogens (tertiary/aromatic N) is 4. The molecule has 2 amide bonds. The Morgan fingerprint density at radius 3 is 2.00 bits per heavy atom. The Morgan fingerprint density at radius 1 is 0.800 bits per heavy atom. The van der Waals surface area contributed by atoms with Gasteiger partial charge in [-0.15, -0.1) is 22.7 Å². The summed E-state index contributed by atoms with van der Waals surface area (Å²) in [5.74, 6) is 2.20. The third kappa shape index (κ3) is 7.45. The first-order valence-corrected chi connectivity index (χ1v) is 17.6. The number of aromatic nitrogens is 4. The lowest BCUT2D eigenvalue weighted by Crippen LogP contribution is -2.26. The molecule has 15 heteroatoms. The van der Waals surface area contributed by atoms with Crippen LogP contribution in [0.25, 0.3) is 20.4 Å². The van der Waals surface area contributed by atoms with Gasteiger partial charge in [-0.1, -0.05) is 11.8 Å². The van der Waals surface area contributed by atoms with Crippen molar-refractivity contribution in [1.82, 2.24) is 30.6 Å². The molecule has 4 aromatic heterocycles. The summed E-state index contributed by atoms with van der Waals surface area (Å²) < 4.78 is 26.9. The molecule has 0 saturated carbocycles. The fraction of sp³-hybridized carbons (Fsp3) is 0.133. The van der Waals surface area contributed by atoms with Crippen molar-refractivity contribution in [1.29, 1.82) is 0 Å². The summed E-state index contributed by atoms with van der Waals surface area (Å²) in [7, 11) is 0.399. The minimum absolute atomic E-state index is 0.240. The average Bonchev–Trinajstić information content (AvgIpc) is 3.66. The van der Waals surface area contributed by atoms with Gasteiger partial charge in [0.25, 0.3) is 11.8 Å². The van der Waals surface area contributed by atoms with E-state index in [1.165, 1.54) is 35.1 Å². The molecule has 0 aliphatic rings. The van der Waals surface area contributed by atoms with E-state index in [-0.39, 0.29) is 23.2 Å². The van der Waals surface area contributed by atoms with Crippen molar-refractivity contribution in [3.63, 3.8) is 0 Å². The molecule has 45 heavy (non-hydrogen) atoms. The van der Waals surface area contributed by atoms with Gasteiger partial charge in [0, 0.05) is 62.3 Å². The van der Waals surface area contributed by atoms with Gasteiger partial charge in [-0.25, -0.2) is 9.97 Å². The Labute approximate surface area is 271 Å². The minimum Gasteiger partial charge on any atom is -0.457 e. The summed E-state index contributed by atoms with van der Waals surface area (Å²) in [6, 6.07) is 17.6. The first kappa shape index (κ1) is 30.6. The van der Waals surface area contributed by atoms with Gasteiger partial charge in [0.2, 0.25) is 0 Å². The molecule has 1 unspecified atom stereocenters. The predicted molar refractivity (Wildman–Crippen MR) is 177 cm³/mol. The van der Waals surface area contributed by atoms with Gasteiger partial charge in [0.1, 0.15) is 34.4 Å². The van der Waals surface area contributed by atoms with E-state index in [0.29, 0.717) is 39.6 Å². The van der Waals surface area contributed by atoms with Crippen LogP contribution < -0.4 is 20.1 Å². The van der Waals surface area contributed by atoms with Gasteiger partial charge in [-0.2, -0.15) is 0 Å². The number of ether oxygens (including phenoxy) is 2. The highest BCUT2D eigenvalue weighted by Crippen LogP contribution is 2.33. The molecule has 4 heterocycles. The lowest BCUT2D eigenvalue weighted by molar-refractivity contribution is 0.0945. The van der Waals surface area contributed by atoms with Gasteiger partial charge >= 0.3 is 0 Å². The third-order valence-corrected chi connectivity index (χ3v) is 10.7. The van der Waals surface area contributed by atoms with Crippen LogP contribution in [0.15, 0.2) is 81.7 Å². The van der Waals surface area contributed by atoms with E-state index < -0.39 is 10.8 Å². The molecule has 6 aromatic rings. The van der Waals surface area contributed by atoms with Crippen LogP contribution in [0.2, 0.25) is 0 Å². The average molecular weight is 677 g/mol. The summed E-state index contributed by atoms with van der Waals surface area (Å²) in [6.07, 6.45) is 4.65. The maximum absolute atomic E-state index is 12.8. The maximum atomic E-state index is 12.8. The van der Waals surface area contributed by atoms with Gasteiger partial charge in [0.15, 0.2) is 8.68 Å². The highest BCUT2D eigenvalue weighted by Gasteiger charge is 2.13. The van der Waals surface area contributed by atoms with Crippen LogP contribution in [0, 0.1) is 0 Å². The number of carbonyl (C=O) groups excluding carboxylic acids is 2. The second-order valence-corrected chi connectivity index (χ2v) is 14.3. The van der Waals surface area contributed by atoms with Crippen molar-refractivity contribution in [3.8, 4) is 23.0 Å². The molecule has 0 spiro atoms. The maximum Gasteiger partial charge on any atom is 0.270 e. The number of hydrogen-bond acceptors (Lipinski definition) is 12. The molecule has 11 nitrogen and oxygen atoms in total. The largest absolute Gasteiger partial charge is 0.457 e. The van der Waals surface area contributed by atoms with E-state index in [4.69, 9.17) is 9.47 Å². The molecule has 6 rings (SSSR count). The van der Waals surface area contributed by atoms with Crippen LogP contribution in [-0.2, 0) is 10.8 Å². The number of benzene rings is 2. The van der Waals surface area contributed by atoms with Crippen LogP contribution in [0.4, 0.5) is 0 Å². The number of rotatable bonds is 11. The van der Waals surface area contributed by atoms with E-state index in [2.05, 4.69) is 30.6 Å². The first-order chi connectivity index (χ1) is 21.8. The van der Waals surface area contributed by atoms with Crippen molar-refractivity contribution >= 4 is 77.5 Å². The van der Waals surface area contributed by atoms with E-state index in [9.17, 15) is 13.8 Å². The number of thioether (sulfide) groups is 1. The van der Waals surface area contributed by atoms with E-state index in [1.807, 2.05) is 30.3 Å². The predicted octanol–water partition coefficient (Wildman–Crippen LogP) is 5.90. The summed E-state index contributed by atoms with van der Waals surface area (Å²) in [6.45, 7) is 0.416. The summed E-state index contributed by atoms with van der Waals surface area (Å²) >= 11 is 4.43. The number of pyridine rings is 2. The molecular formula is C30H24N6O5S4. The standard InChI is InChI=1S/C30H24N6O5S4/c1-31-27(37)23-13-19(7-9-32-23)40-17-3-5-21-25(15-17)43-29(35-21)42-12-11-34-28(38)24-14-20(8-10-33-24)41-18-4-6-22-26(16-18)44-30(36-22)45(2)39/h3-10,13-16H,11-12H2,1-2H3,(H,31,37)(H,34,38). The van der Waals surface area contributed by atoms with Crippen molar-refractivity contribution in [3.05, 3.63) is 84.4 Å². The lowest BCUT2D eigenvalue weighted by atomic mass is 10.3. The SMILES string of the molecule is CNC(=O)c1cc(Oc2ccc3nc(SCCNC(=O)c4cc(Oc5ccc6nc(S(C)=O)sc6c5)ccn4)sc3c2)ccn1. The van der Waals surface area contributed by atoms with E-state index in [0.717, 1.165) is 24.8 Å². The van der Waals surface area contributed by atoms with Gasteiger partial charge < -0.3 is 20.1 Å². The molecule has 1 atom stereocenters. The van der Waals surface area contributed by atoms with Crippen molar-refractivity contribution in [2.75, 3.05) is 25.6 Å². The van der Waals surface area contributed by atoms with Crippen molar-refractivity contribution in [2.45, 2.75) is 8.68 Å². The number of nitrogens with one attached hydrogen (secondary N) is 2. The second kappa shape index (κ2) is 13.7. The number of fused-ring (bicyclic) bond motifs is 2. The quantitative estimate of drug-likeness (QED) is 0.126. The Bertz CT molecular complexity index is 2060. The van der Waals surface area contributed by atoms with Crippen LogP contribution in [-0.4, -0.2) is 61.6 Å². The highest BCUT2D eigenvalue weighted by molar-refractivity contribution is 8.01. The lowest BCUT2D eigenvalue weighted by Gasteiger charge is -2.08. The van der Waals surface area contributed by atoms with E-state index in [1.54, 1.807) is 55.4 Å². The molecule has 0 aliphatic carbocycles. The molecule has 0 bridgehead atoms. The molecule has 0 saturated heterocycles. The smallest absolute Gasteiger partial charge is 0.270 e. The summed E-state index contributed by atoms with van der Waals surface area (Å²) in [5, 5.41) is 5.44. The van der Waals surface area contributed by atoms with Crippen LogP contribution in [0.5, 0.6) is 23.0 Å².